The Morgan fingerprint density at radius 3 is 2.59 bits per heavy atom. The molecule has 0 aliphatic carbocycles. The van der Waals surface area contributed by atoms with E-state index in [1.165, 1.54) is 17.3 Å². The Kier molecular flexibility index (Phi) is 6.14. The topological polar surface area (TPSA) is 46.4 Å². The highest BCUT2D eigenvalue weighted by molar-refractivity contribution is 8.00. The minimum absolute atomic E-state index is 0.118. The predicted molar refractivity (Wildman–Crippen MR) is 113 cm³/mol. The number of benzene rings is 2. The number of carbonyl (C=O) groups excluding carboxylic acids is 1. The van der Waals surface area contributed by atoms with Gasteiger partial charge in [0.1, 0.15) is 0 Å². The molecule has 3 aromatic rings. The zero-order valence-corrected chi connectivity index (χ0v) is 16.6. The minimum atomic E-state index is -0.118. The highest BCUT2D eigenvalue weighted by atomic mass is 32.2. The molecule has 3 rings (SSSR count). The highest BCUT2D eigenvalue weighted by Crippen LogP contribution is 2.20. The summed E-state index contributed by atoms with van der Waals surface area (Å²) < 4.78 is 2.20. The number of aromatic nitrogens is 1. The van der Waals surface area contributed by atoms with Gasteiger partial charge < -0.3 is 4.57 Å². The molecule has 5 heteroatoms. The van der Waals surface area contributed by atoms with Crippen molar-refractivity contribution >= 4 is 23.9 Å². The fourth-order valence-electron chi connectivity index (χ4n) is 2.95. The van der Waals surface area contributed by atoms with Crippen molar-refractivity contribution < 1.29 is 4.79 Å². The summed E-state index contributed by atoms with van der Waals surface area (Å²) in [6, 6.07) is 20.3. The van der Waals surface area contributed by atoms with Gasteiger partial charge in [-0.15, -0.1) is 11.8 Å². The first-order chi connectivity index (χ1) is 13.0. The van der Waals surface area contributed by atoms with E-state index < -0.39 is 0 Å². The molecule has 0 saturated heterocycles. The minimum Gasteiger partial charge on any atom is -0.318 e. The molecular weight excluding hydrogens is 354 g/mol. The third-order valence-corrected chi connectivity index (χ3v) is 5.25. The Morgan fingerprint density at radius 1 is 1.07 bits per heavy atom. The lowest BCUT2D eigenvalue weighted by Crippen LogP contribution is -2.19. The number of nitrogens with zero attached hydrogens (tertiary/aromatic N) is 2. The molecule has 0 aliphatic rings. The quantitative estimate of drug-likeness (QED) is 0.386. The molecule has 1 aromatic heterocycles. The van der Waals surface area contributed by atoms with Crippen LogP contribution in [0.5, 0.6) is 0 Å². The van der Waals surface area contributed by atoms with Gasteiger partial charge in [-0.2, -0.15) is 5.10 Å². The third-order valence-electron chi connectivity index (χ3n) is 4.24. The second-order valence-electron chi connectivity index (χ2n) is 6.40. The number of nitrogens with one attached hydrogen (secondary N) is 1. The molecule has 138 valence electrons. The summed E-state index contributed by atoms with van der Waals surface area (Å²) in [5, 5.41) is 4.13. The summed E-state index contributed by atoms with van der Waals surface area (Å²) in [5.41, 5.74) is 8.17. The second-order valence-corrected chi connectivity index (χ2v) is 7.44. The summed E-state index contributed by atoms with van der Waals surface area (Å²) in [5.74, 6) is 0.219. The molecule has 0 bridgehead atoms. The highest BCUT2D eigenvalue weighted by Gasteiger charge is 2.09. The van der Waals surface area contributed by atoms with Crippen LogP contribution in [0.15, 0.2) is 70.7 Å². The van der Waals surface area contributed by atoms with Gasteiger partial charge in [0.05, 0.1) is 12.0 Å². The summed E-state index contributed by atoms with van der Waals surface area (Å²) in [7, 11) is 0. The Bertz CT molecular complexity index is 961. The van der Waals surface area contributed by atoms with Crippen LogP contribution in [0.3, 0.4) is 0 Å². The van der Waals surface area contributed by atoms with Gasteiger partial charge in [-0.25, -0.2) is 5.43 Å². The molecule has 0 saturated carbocycles. The average Bonchev–Trinajstić information content (AvgIpc) is 2.94. The Morgan fingerprint density at radius 2 is 1.85 bits per heavy atom. The number of rotatable bonds is 6. The summed E-state index contributed by atoms with van der Waals surface area (Å²) in [4.78, 5) is 13.0. The zero-order chi connectivity index (χ0) is 19.2. The molecule has 0 fully saturated rings. The molecule has 1 N–H and O–H groups in total. The first-order valence-corrected chi connectivity index (χ1v) is 9.79. The van der Waals surface area contributed by atoms with Gasteiger partial charge in [0.2, 0.25) is 5.91 Å². The van der Waals surface area contributed by atoms with Gasteiger partial charge in [-0.3, -0.25) is 4.79 Å². The third kappa shape index (κ3) is 4.89. The van der Waals surface area contributed by atoms with E-state index in [1.807, 2.05) is 30.3 Å². The number of aryl methyl sites for hydroxylation is 2. The number of amides is 1. The molecule has 1 amide bonds. The lowest BCUT2D eigenvalue weighted by atomic mass is 10.2. The van der Waals surface area contributed by atoms with Crippen LogP contribution in [0.2, 0.25) is 0 Å². The Labute approximate surface area is 164 Å². The number of carbonyl (C=O) groups is 1. The van der Waals surface area contributed by atoms with E-state index in [0.29, 0.717) is 5.75 Å². The van der Waals surface area contributed by atoms with E-state index in [0.717, 1.165) is 27.5 Å². The molecule has 0 aliphatic heterocycles. The van der Waals surface area contributed by atoms with Gasteiger partial charge in [0.25, 0.3) is 0 Å². The number of hydrogen-bond donors (Lipinski definition) is 1. The maximum Gasteiger partial charge on any atom is 0.250 e. The van der Waals surface area contributed by atoms with Crippen LogP contribution in [0.1, 0.15) is 22.5 Å². The Balaban J connectivity index is 1.64. The molecule has 0 spiro atoms. The standard InChI is InChI=1S/C22H23N3OS/c1-16-8-7-9-20(12-16)25-17(2)13-19(18(25)3)14-23-24-22(26)15-27-21-10-5-4-6-11-21/h4-14H,15H2,1-3H3,(H,24,26)/b23-14-. The maximum absolute atomic E-state index is 12.0. The van der Waals surface area contributed by atoms with Crippen LogP contribution in [0.25, 0.3) is 5.69 Å². The van der Waals surface area contributed by atoms with Crippen molar-refractivity contribution in [1.29, 1.82) is 0 Å². The smallest absolute Gasteiger partial charge is 0.250 e. The van der Waals surface area contributed by atoms with Crippen molar-refractivity contribution in [2.75, 3.05) is 5.75 Å². The molecule has 0 unspecified atom stereocenters. The van der Waals surface area contributed by atoms with Gasteiger partial charge in [-0.05, 0) is 56.7 Å². The summed E-state index contributed by atoms with van der Waals surface area (Å²) in [6.45, 7) is 6.22. The van der Waals surface area contributed by atoms with E-state index in [4.69, 9.17) is 0 Å². The van der Waals surface area contributed by atoms with Gasteiger partial charge in [0, 0.05) is 27.5 Å². The molecule has 27 heavy (non-hydrogen) atoms. The monoisotopic (exact) mass is 377 g/mol. The zero-order valence-electron chi connectivity index (χ0n) is 15.8. The van der Waals surface area contributed by atoms with Crippen molar-refractivity contribution in [3.8, 4) is 5.69 Å². The lowest BCUT2D eigenvalue weighted by molar-refractivity contribution is -0.118. The molecular formula is C22H23N3OS. The average molecular weight is 378 g/mol. The van der Waals surface area contributed by atoms with Crippen LogP contribution in [-0.4, -0.2) is 22.4 Å². The van der Waals surface area contributed by atoms with Crippen molar-refractivity contribution in [2.45, 2.75) is 25.7 Å². The van der Waals surface area contributed by atoms with E-state index in [-0.39, 0.29) is 5.91 Å². The fraction of sp³-hybridized carbons (Fsp3) is 0.182. The second kappa shape index (κ2) is 8.73. The predicted octanol–water partition coefficient (Wildman–Crippen LogP) is 4.64. The molecule has 0 atom stereocenters. The summed E-state index contributed by atoms with van der Waals surface area (Å²) in [6.07, 6.45) is 1.71. The van der Waals surface area contributed by atoms with Crippen LogP contribution < -0.4 is 5.43 Å². The van der Waals surface area contributed by atoms with Crippen LogP contribution in [-0.2, 0) is 4.79 Å². The number of hydrazone groups is 1. The molecule has 4 nitrogen and oxygen atoms in total. The van der Waals surface area contributed by atoms with E-state index in [2.05, 4.69) is 66.2 Å². The van der Waals surface area contributed by atoms with Gasteiger partial charge >= 0.3 is 0 Å². The lowest BCUT2D eigenvalue weighted by Gasteiger charge is -2.10. The molecule has 1 heterocycles. The SMILES string of the molecule is Cc1cccc(-n2c(C)cc(/C=N\NC(=O)CSc3ccccc3)c2C)c1. The largest absolute Gasteiger partial charge is 0.318 e. The Hall–Kier alpha value is -2.79. The molecule has 0 radical (unpaired) electrons. The van der Waals surface area contributed by atoms with Crippen molar-refractivity contribution in [3.63, 3.8) is 0 Å². The van der Waals surface area contributed by atoms with Crippen LogP contribution >= 0.6 is 11.8 Å². The van der Waals surface area contributed by atoms with Crippen molar-refractivity contribution in [1.82, 2.24) is 9.99 Å². The van der Waals surface area contributed by atoms with Crippen molar-refractivity contribution in [3.05, 3.63) is 83.2 Å². The van der Waals surface area contributed by atoms with Crippen LogP contribution in [0.4, 0.5) is 0 Å². The van der Waals surface area contributed by atoms with Gasteiger partial charge in [-0.1, -0.05) is 30.3 Å². The normalized spacial score (nSPS) is 11.1. The summed E-state index contributed by atoms with van der Waals surface area (Å²) >= 11 is 1.49. The maximum atomic E-state index is 12.0. The van der Waals surface area contributed by atoms with Gasteiger partial charge in [0.15, 0.2) is 0 Å². The first-order valence-electron chi connectivity index (χ1n) is 8.80. The first kappa shape index (κ1) is 19.0. The van der Waals surface area contributed by atoms with E-state index >= 15 is 0 Å². The van der Waals surface area contributed by atoms with E-state index in [1.54, 1.807) is 6.21 Å². The van der Waals surface area contributed by atoms with Crippen molar-refractivity contribution in [2.24, 2.45) is 5.10 Å². The number of thioether (sulfide) groups is 1. The van der Waals surface area contributed by atoms with E-state index in [9.17, 15) is 4.79 Å². The fourth-order valence-corrected chi connectivity index (χ4v) is 3.67. The molecule has 2 aromatic carbocycles. The number of hydrogen-bond acceptors (Lipinski definition) is 3. The van der Waals surface area contributed by atoms with Crippen LogP contribution in [0, 0.1) is 20.8 Å².